The molecule has 4 rings (SSSR count). The summed E-state index contributed by atoms with van der Waals surface area (Å²) in [7, 11) is 1.47. The van der Waals surface area contributed by atoms with Gasteiger partial charge in [-0.15, -0.1) is 0 Å². The van der Waals surface area contributed by atoms with Crippen molar-refractivity contribution in [3.05, 3.63) is 60.2 Å². The summed E-state index contributed by atoms with van der Waals surface area (Å²) in [6.45, 7) is -0.238. The molecule has 2 fully saturated rings. The van der Waals surface area contributed by atoms with Gasteiger partial charge < -0.3 is 24.1 Å². The Labute approximate surface area is 174 Å². The van der Waals surface area contributed by atoms with Crippen LogP contribution < -0.4 is 0 Å². The molecule has 2 aromatic rings. The first-order valence-electron chi connectivity index (χ1n) is 9.91. The summed E-state index contributed by atoms with van der Waals surface area (Å²) < 4.78 is 21.6. The minimum atomic E-state index is -0.819. The van der Waals surface area contributed by atoms with Crippen molar-refractivity contribution >= 4 is 11.9 Å². The van der Waals surface area contributed by atoms with Crippen molar-refractivity contribution in [3.8, 4) is 11.1 Å². The normalized spacial score (nSPS) is 28.7. The van der Waals surface area contributed by atoms with Crippen molar-refractivity contribution < 1.29 is 33.6 Å². The molecule has 0 amide bonds. The van der Waals surface area contributed by atoms with Gasteiger partial charge in [-0.25, -0.2) is 4.79 Å². The van der Waals surface area contributed by atoms with Crippen molar-refractivity contribution in [2.45, 2.75) is 31.3 Å². The maximum absolute atomic E-state index is 12.8. The van der Waals surface area contributed by atoms with Crippen LogP contribution in [-0.4, -0.2) is 49.4 Å². The minimum Gasteiger partial charge on any atom is -0.458 e. The molecule has 1 saturated carbocycles. The molecular formula is C23H24O7. The number of carbonyl (C=O) groups is 2. The van der Waals surface area contributed by atoms with Gasteiger partial charge in [0.15, 0.2) is 13.1 Å². The third-order valence-electron chi connectivity index (χ3n) is 5.78. The van der Waals surface area contributed by atoms with Crippen LogP contribution in [0, 0.1) is 11.8 Å². The van der Waals surface area contributed by atoms with Crippen molar-refractivity contribution in [3.63, 3.8) is 0 Å². The molecule has 1 heterocycles. The second kappa shape index (κ2) is 8.95. The van der Waals surface area contributed by atoms with Gasteiger partial charge in [0.05, 0.1) is 24.0 Å². The van der Waals surface area contributed by atoms with Crippen LogP contribution in [-0.2, 0) is 23.7 Å². The Bertz CT molecular complexity index is 880. The Hall–Kier alpha value is -2.74. The number of methoxy groups -OCH3 is 1. The van der Waals surface area contributed by atoms with Gasteiger partial charge >= 0.3 is 11.9 Å². The molecule has 5 atom stereocenters. The Balaban J connectivity index is 1.50. The van der Waals surface area contributed by atoms with Crippen LogP contribution in [0.5, 0.6) is 0 Å². The number of hydrogen-bond donors (Lipinski definition) is 1. The van der Waals surface area contributed by atoms with Gasteiger partial charge in [0.1, 0.15) is 6.10 Å². The third-order valence-corrected chi connectivity index (χ3v) is 5.78. The van der Waals surface area contributed by atoms with Crippen LogP contribution in [0.3, 0.4) is 0 Å². The van der Waals surface area contributed by atoms with E-state index in [0.29, 0.717) is 5.56 Å². The number of esters is 2. The van der Waals surface area contributed by atoms with Crippen LogP contribution in [0.2, 0.25) is 0 Å². The van der Waals surface area contributed by atoms with Gasteiger partial charge in [-0.1, -0.05) is 42.5 Å². The lowest BCUT2D eigenvalue weighted by atomic mass is 9.89. The number of fused-ring (bicyclic) bond motifs is 1. The second-order valence-electron chi connectivity index (χ2n) is 7.54. The van der Waals surface area contributed by atoms with E-state index in [1.165, 1.54) is 7.11 Å². The van der Waals surface area contributed by atoms with E-state index in [0.717, 1.165) is 11.1 Å². The van der Waals surface area contributed by atoms with E-state index < -0.39 is 42.3 Å². The first kappa shape index (κ1) is 20.5. The summed E-state index contributed by atoms with van der Waals surface area (Å²) in [5.41, 5.74) is 2.46. The summed E-state index contributed by atoms with van der Waals surface area (Å²) in [6.07, 6.45) is -1.98. The van der Waals surface area contributed by atoms with Gasteiger partial charge in [-0.05, 0) is 23.3 Å². The van der Waals surface area contributed by atoms with E-state index in [2.05, 4.69) is 0 Å². The molecule has 2 aromatic carbocycles. The topological polar surface area (TPSA) is 91.3 Å². The Morgan fingerprint density at radius 2 is 1.77 bits per heavy atom. The van der Waals surface area contributed by atoms with Gasteiger partial charge in [0.25, 0.3) is 0 Å². The zero-order valence-corrected chi connectivity index (χ0v) is 16.6. The molecule has 0 aromatic heterocycles. The zero-order valence-electron chi connectivity index (χ0n) is 16.6. The molecule has 0 unspecified atom stereocenters. The number of rotatable bonds is 4. The fraction of sp³-hybridized carbons (Fsp3) is 0.391. The average molecular weight is 412 g/mol. The summed E-state index contributed by atoms with van der Waals surface area (Å²) in [5, 5.41) is 10.5. The lowest BCUT2D eigenvalue weighted by Gasteiger charge is -2.32. The number of cyclic esters (lactones) is 1. The maximum Gasteiger partial charge on any atom is 0.338 e. The lowest BCUT2D eigenvalue weighted by molar-refractivity contribution is -0.233. The van der Waals surface area contributed by atoms with E-state index in [9.17, 15) is 14.7 Å². The highest BCUT2D eigenvalue weighted by molar-refractivity contribution is 5.90. The van der Waals surface area contributed by atoms with Crippen LogP contribution >= 0.6 is 0 Å². The first-order chi connectivity index (χ1) is 14.6. The average Bonchev–Trinajstić information content (AvgIpc) is 3.04. The van der Waals surface area contributed by atoms with Gasteiger partial charge in [-0.3, -0.25) is 4.79 Å². The summed E-state index contributed by atoms with van der Waals surface area (Å²) >= 11 is 0. The highest BCUT2D eigenvalue weighted by Crippen LogP contribution is 2.41. The summed E-state index contributed by atoms with van der Waals surface area (Å²) in [5.74, 6) is -1.89. The molecule has 2 aliphatic rings. The maximum atomic E-state index is 12.8. The molecule has 158 valence electrons. The quantitative estimate of drug-likeness (QED) is 0.772. The third kappa shape index (κ3) is 4.23. The van der Waals surface area contributed by atoms with Crippen molar-refractivity contribution in [2.24, 2.45) is 11.8 Å². The number of carbonyl (C=O) groups excluding carboxylic acids is 2. The highest BCUT2D eigenvalue weighted by atomic mass is 16.8. The van der Waals surface area contributed by atoms with Gasteiger partial charge in [0, 0.05) is 19.4 Å². The molecule has 0 spiro atoms. The summed E-state index contributed by atoms with van der Waals surface area (Å²) in [4.78, 5) is 24.6. The van der Waals surface area contributed by atoms with Crippen molar-refractivity contribution in [2.75, 3.05) is 13.9 Å². The molecule has 7 heteroatoms. The van der Waals surface area contributed by atoms with Crippen LogP contribution in [0.15, 0.2) is 54.6 Å². The monoisotopic (exact) mass is 412 g/mol. The van der Waals surface area contributed by atoms with Crippen LogP contribution in [0.1, 0.15) is 23.2 Å². The smallest absolute Gasteiger partial charge is 0.338 e. The molecule has 1 aliphatic heterocycles. The van der Waals surface area contributed by atoms with E-state index in [4.69, 9.17) is 18.9 Å². The highest BCUT2D eigenvalue weighted by Gasteiger charge is 2.51. The van der Waals surface area contributed by atoms with Crippen LogP contribution in [0.25, 0.3) is 11.1 Å². The first-order valence-corrected chi connectivity index (χ1v) is 9.91. The molecule has 1 aliphatic carbocycles. The van der Waals surface area contributed by atoms with E-state index in [1.807, 2.05) is 42.5 Å². The fourth-order valence-corrected chi connectivity index (χ4v) is 4.27. The minimum absolute atomic E-state index is 0.0227. The van der Waals surface area contributed by atoms with Crippen LogP contribution in [0.4, 0.5) is 0 Å². The second-order valence-corrected chi connectivity index (χ2v) is 7.54. The number of ether oxygens (including phenoxy) is 4. The number of hydrogen-bond acceptors (Lipinski definition) is 7. The molecule has 0 bridgehead atoms. The van der Waals surface area contributed by atoms with E-state index in [-0.39, 0.29) is 19.6 Å². The van der Waals surface area contributed by atoms with E-state index in [1.54, 1.807) is 12.1 Å². The molecule has 7 nitrogen and oxygen atoms in total. The predicted molar refractivity (Wildman–Crippen MR) is 106 cm³/mol. The molecule has 1 N–H and O–H groups in total. The SMILES string of the molecule is CO[C@@H]1OCOC(=O)C[C@H]2[C@H]1[C@@H](OC(=O)c1ccc(-c3ccccc3)cc1)C[C@H]2O. The Kier molecular flexibility index (Phi) is 6.13. The molecule has 1 saturated heterocycles. The number of aliphatic hydroxyl groups excluding tert-OH is 1. The fourth-order valence-electron chi connectivity index (χ4n) is 4.27. The zero-order chi connectivity index (χ0) is 21.1. The van der Waals surface area contributed by atoms with Crippen molar-refractivity contribution in [1.29, 1.82) is 0 Å². The molecule has 30 heavy (non-hydrogen) atoms. The molecule has 0 radical (unpaired) electrons. The Morgan fingerprint density at radius 1 is 1.07 bits per heavy atom. The standard InChI is InChI=1S/C23H24O7/c1-27-23-21-17(11-20(25)28-13-29-23)18(24)12-19(21)30-22(26)16-9-7-15(8-10-16)14-5-3-2-4-6-14/h2-10,17-19,21,23-24H,11-13H2,1H3/t17-,18-,19+,21+,23-/m1/s1. The van der Waals surface area contributed by atoms with E-state index >= 15 is 0 Å². The summed E-state index contributed by atoms with van der Waals surface area (Å²) in [6, 6.07) is 17.0. The Morgan fingerprint density at radius 3 is 2.47 bits per heavy atom. The predicted octanol–water partition coefficient (Wildman–Crippen LogP) is 2.77. The van der Waals surface area contributed by atoms with Crippen molar-refractivity contribution in [1.82, 2.24) is 0 Å². The molecular weight excluding hydrogens is 388 g/mol. The number of aliphatic hydroxyl groups is 1. The van der Waals surface area contributed by atoms with Gasteiger partial charge in [-0.2, -0.15) is 0 Å². The lowest BCUT2D eigenvalue weighted by Crippen LogP contribution is -2.41. The largest absolute Gasteiger partial charge is 0.458 e. The number of benzene rings is 2. The van der Waals surface area contributed by atoms with Gasteiger partial charge in [0.2, 0.25) is 0 Å².